The van der Waals surface area contributed by atoms with Crippen LogP contribution in [0.5, 0.6) is 0 Å². The molecule has 0 saturated carbocycles. The van der Waals surface area contributed by atoms with E-state index in [1.54, 1.807) is 0 Å². The highest BCUT2D eigenvalue weighted by Crippen LogP contribution is 2.40. The predicted octanol–water partition coefficient (Wildman–Crippen LogP) is 13.9. The zero-order chi connectivity index (χ0) is 37.7. The van der Waals surface area contributed by atoms with Gasteiger partial charge in [0.2, 0.25) is 0 Å². The number of aromatic nitrogens is 3. The van der Waals surface area contributed by atoms with Crippen molar-refractivity contribution in [3.63, 3.8) is 0 Å². The van der Waals surface area contributed by atoms with Crippen molar-refractivity contribution in [3.05, 3.63) is 206 Å². The second-order valence-corrected chi connectivity index (χ2v) is 14.8. The standard InChI is InChI=1S/C53H35N3O/c1-3-12-34(13-4-1)37-17-10-20-43(32-37)52-54-51(36-15-5-2-6-16-36)55-53(56-52)46-22-11-23-49-50(46)47-33-41(27-29-48(47)57-49)39-19-9-18-38(30-39)40-26-28-45-42(31-40)25-24-35-14-7-8-21-44(35)45/h1-31,33,37H,32H2. The molecule has 0 radical (unpaired) electrons. The predicted molar refractivity (Wildman–Crippen MR) is 235 cm³/mol. The fourth-order valence-corrected chi connectivity index (χ4v) is 8.39. The molecule has 4 heteroatoms. The molecular weight excluding hydrogens is 695 g/mol. The highest BCUT2D eigenvalue weighted by Gasteiger charge is 2.21. The first-order valence-electron chi connectivity index (χ1n) is 19.4. The smallest absolute Gasteiger partial charge is 0.164 e. The summed E-state index contributed by atoms with van der Waals surface area (Å²) in [6.07, 6.45) is 7.33. The SMILES string of the molecule is C1=CC(c2ccccc2)CC(c2nc(-c3ccccc3)nc(-c3cccc4oc5ccc(-c6cccc(-c7ccc8c(ccc9ccccc98)c7)c6)cc5c34)n2)=C1. The van der Waals surface area contributed by atoms with Crippen LogP contribution in [0.1, 0.15) is 23.7 Å². The average molecular weight is 730 g/mol. The summed E-state index contributed by atoms with van der Waals surface area (Å²) >= 11 is 0. The first kappa shape index (κ1) is 33.0. The van der Waals surface area contributed by atoms with Gasteiger partial charge in [0.05, 0.1) is 0 Å². The van der Waals surface area contributed by atoms with E-state index in [-0.39, 0.29) is 5.92 Å². The molecule has 0 fully saturated rings. The minimum absolute atomic E-state index is 0.242. The van der Waals surface area contributed by atoms with Gasteiger partial charge < -0.3 is 4.42 Å². The molecule has 2 heterocycles. The van der Waals surface area contributed by atoms with Crippen LogP contribution in [0.3, 0.4) is 0 Å². The van der Waals surface area contributed by atoms with Crippen molar-refractivity contribution >= 4 is 49.1 Å². The minimum atomic E-state index is 0.242. The van der Waals surface area contributed by atoms with Gasteiger partial charge >= 0.3 is 0 Å². The van der Waals surface area contributed by atoms with Crippen molar-refractivity contribution in [2.24, 2.45) is 0 Å². The Morgan fingerprint density at radius 1 is 0.439 bits per heavy atom. The van der Waals surface area contributed by atoms with Gasteiger partial charge in [0.1, 0.15) is 11.2 Å². The lowest BCUT2D eigenvalue weighted by Gasteiger charge is -2.19. The van der Waals surface area contributed by atoms with Gasteiger partial charge in [-0.25, -0.2) is 15.0 Å². The minimum Gasteiger partial charge on any atom is -0.456 e. The molecule has 1 atom stereocenters. The lowest BCUT2D eigenvalue weighted by atomic mass is 9.88. The van der Waals surface area contributed by atoms with Gasteiger partial charge in [-0.1, -0.05) is 164 Å². The molecule has 0 saturated heterocycles. The lowest BCUT2D eigenvalue weighted by Crippen LogP contribution is -2.07. The Hall–Kier alpha value is -7.43. The summed E-state index contributed by atoms with van der Waals surface area (Å²) in [4.78, 5) is 15.4. The lowest BCUT2D eigenvalue weighted by molar-refractivity contribution is 0.669. The van der Waals surface area contributed by atoms with Crippen LogP contribution in [0.4, 0.5) is 0 Å². The van der Waals surface area contributed by atoms with E-state index in [1.807, 2.05) is 30.3 Å². The van der Waals surface area contributed by atoms with Gasteiger partial charge in [-0.05, 0) is 91.7 Å². The highest BCUT2D eigenvalue weighted by atomic mass is 16.3. The molecule has 0 spiro atoms. The molecule has 0 aliphatic heterocycles. The van der Waals surface area contributed by atoms with E-state index in [2.05, 4.69) is 164 Å². The second-order valence-electron chi connectivity index (χ2n) is 14.8. The molecule has 2 aromatic heterocycles. The van der Waals surface area contributed by atoms with Crippen LogP contribution < -0.4 is 0 Å². The molecule has 8 aromatic carbocycles. The fraction of sp³-hybridized carbons (Fsp3) is 0.0377. The van der Waals surface area contributed by atoms with Gasteiger partial charge in [-0.15, -0.1) is 0 Å². The van der Waals surface area contributed by atoms with E-state index in [0.29, 0.717) is 17.5 Å². The number of furan rings is 1. The molecule has 268 valence electrons. The summed E-state index contributed by atoms with van der Waals surface area (Å²) < 4.78 is 6.50. The molecule has 10 aromatic rings. The molecular formula is C53H35N3O. The first-order chi connectivity index (χ1) is 28.2. The van der Waals surface area contributed by atoms with Gasteiger partial charge in [0.15, 0.2) is 17.5 Å². The third kappa shape index (κ3) is 5.99. The van der Waals surface area contributed by atoms with Gasteiger partial charge in [0.25, 0.3) is 0 Å². The Bertz CT molecular complexity index is 3210. The molecule has 57 heavy (non-hydrogen) atoms. The van der Waals surface area contributed by atoms with E-state index in [9.17, 15) is 0 Å². The average Bonchev–Trinajstić information content (AvgIpc) is 3.68. The number of fused-ring (bicyclic) bond motifs is 6. The molecule has 0 bridgehead atoms. The quantitative estimate of drug-likeness (QED) is 0.160. The largest absolute Gasteiger partial charge is 0.456 e. The Labute approximate surface area is 330 Å². The number of nitrogens with zero attached hydrogens (tertiary/aromatic N) is 3. The molecule has 1 unspecified atom stereocenters. The second kappa shape index (κ2) is 13.7. The summed E-state index contributed by atoms with van der Waals surface area (Å²) in [5.41, 5.74) is 10.4. The first-order valence-corrected chi connectivity index (χ1v) is 19.4. The van der Waals surface area contributed by atoms with Crippen LogP contribution in [0.2, 0.25) is 0 Å². The van der Waals surface area contributed by atoms with Crippen LogP contribution >= 0.6 is 0 Å². The van der Waals surface area contributed by atoms with Crippen LogP contribution in [-0.4, -0.2) is 15.0 Å². The highest BCUT2D eigenvalue weighted by molar-refractivity contribution is 6.13. The van der Waals surface area contributed by atoms with Crippen molar-refractivity contribution in [3.8, 4) is 45.0 Å². The van der Waals surface area contributed by atoms with E-state index in [0.717, 1.165) is 56.2 Å². The molecule has 0 N–H and O–H groups in total. The zero-order valence-corrected chi connectivity index (χ0v) is 31.0. The van der Waals surface area contributed by atoms with Crippen LogP contribution in [-0.2, 0) is 0 Å². The van der Waals surface area contributed by atoms with Crippen molar-refractivity contribution in [2.75, 3.05) is 0 Å². The Morgan fingerprint density at radius 2 is 1.11 bits per heavy atom. The van der Waals surface area contributed by atoms with Crippen LogP contribution in [0.25, 0.3) is 94.1 Å². The number of hydrogen-bond acceptors (Lipinski definition) is 4. The molecule has 1 aliphatic carbocycles. The van der Waals surface area contributed by atoms with Crippen LogP contribution in [0, 0.1) is 0 Å². The van der Waals surface area contributed by atoms with E-state index < -0.39 is 0 Å². The Balaban J connectivity index is 1.01. The Morgan fingerprint density at radius 3 is 1.98 bits per heavy atom. The summed E-state index contributed by atoms with van der Waals surface area (Å²) in [5, 5.41) is 7.05. The monoisotopic (exact) mass is 729 g/mol. The normalized spacial score (nSPS) is 14.1. The summed E-state index contributed by atoms with van der Waals surface area (Å²) in [5.74, 6) is 2.20. The summed E-state index contributed by atoms with van der Waals surface area (Å²) in [6, 6.07) is 62.0. The van der Waals surface area contributed by atoms with Crippen molar-refractivity contribution in [2.45, 2.75) is 12.3 Å². The summed E-state index contributed by atoms with van der Waals surface area (Å²) in [7, 11) is 0. The van der Waals surface area contributed by atoms with E-state index in [4.69, 9.17) is 19.4 Å². The summed E-state index contributed by atoms with van der Waals surface area (Å²) in [6.45, 7) is 0. The molecule has 0 amide bonds. The maximum absolute atomic E-state index is 6.50. The van der Waals surface area contributed by atoms with Crippen LogP contribution in [0.15, 0.2) is 199 Å². The van der Waals surface area contributed by atoms with E-state index >= 15 is 0 Å². The van der Waals surface area contributed by atoms with E-state index in [1.165, 1.54) is 38.2 Å². The number of hydrogen-bond donors (Lipinski definition) is 0. The maximum Gasteiger partial charge on any atom is 0.164 e. The number of rotatable bonds is 6. The third-order valence-electron chi connectivity index (χ3n) is 11.3. The van der Waals surface area contributed by atoms with Gasteiger partial charge in [-0.3, -0.25) is 0 Å². The Kier molecular flexibility index (Phi) is 7.92. The maximum atomic E-state index is 6.50. The van der Waals surface area contributed by atoms with Crippen molar-refractivity contribution in [1.82, 2.24) is 15.0 Å². The fourth-order valence-electron chi connectivity index (χ4n) is 8.39. The third-order valence-corrected chi connectivity index (χ3v) is 11.3. The zero-order valence-electron chi connectivity index (χ0n) is 31.0. The van der Waals surface area contributed by atoms with Gasteiger partial charge in [-0.2, -0.15) is 0 Å². The van der Waals surface area contributed by atoms with Gasteiger partial charge in [0, 0.05) is 27.8 Å². The molecule has 1 aliphatic rings. The molecule has 4 nitrogen and oxygen atoms in total. The number of benzene rings is 8. The topological polar surface area (TPSA) is 51.8 Å². The molecule has 11 rings (SSSR count). The van der Waals surface area contributed by atoms with Crippen molar-refractivity contribution < 1.29 is 4.42 Å². The number of allylic oxidation sites excluding steroid dienone is 4. The van der Waals surface area contributed by atoms with Crippen molar-refractivity contribution in [1.29, 1.82) is 0 Å².